The summed E-state index contributed by atoms with van der Waals surface area (Å²) in [6.45, 7) is 6.89. The van der Waals surface area contributed by atoms with Crippen LogP contribution in [0.15, 0.2) is 60.7 Å². The fourth-order valence-corrected chi connectivity index (χ4v) is 4.30. The lowest BCUT2D eigenvalue weighted by Crippen LogP contribution is -2.50. The lowest BCUT2D eigenvalue weighted by atomic mass is 9.99. The second kappa shape index (κ2) is 11.1. The fourth-order valence-electron chi connectivity index (χ4n) is 4.30. The topological polar surface area (TPSA) is 98.6 Å². The molecule has 0 saturated heterocycles. The average molecular weight is 534 g/mol. The van der Waals surface area contributed by atoms with Gasteiger partial charge in [-0.1, -0.05) is 23.4 Å². The van der Waals surface area contributed by atoms with Crippen LogP contribution < -0.4 is 19.7 Å². The van der Waals surface area contributed by atoms with Gasteiger partial charge in [-0.25, -0.2) is 9.07 Å². The van der Waals surface area contributed by atoms with Gasteiger partial charge in [-0.2, -0.15) is 0 Å². The maximum absolute atomic E-state index is 14.9. The molecule has 1 aromatic heterocycles. The van der Waals surface area contributed by atoms with Gasteiger partial charge in [0.1, 0.15) is 35.4 Å². The first-order valence-electron chi connectivity index (χ1n) is 12.4. The van der Waals surface area contributed by atoms with Crippen LogP contribution in [0.25, 0.3) is 11.0 Å². The second-order valence-electron chi connectivity index (χ2n) is 10.2. The molecule has 0 aliphatic heterocycles. The summed E-state index contributed by atoms with van der Waals surface area (Å²) in [6.07, 6.45) is 0. The van der Waals surface area contributed by atoms with E-state index in [0.717, 1.165) is 0 Å². The van der Waals surface area contributed by atoms with E-state index in [0.29, 0.717) is 33.7 Å². The summed E-state index contributed by atoms with van der Waals surface area (Å²) >= 11 is 0. The van der Waals surface area contributed by atoms with Gasteiger partial charge in [0.25, 0.3) is 0 Å². The Morgan fingerprint density at radius 2 is 1.79 bits per heavy atom. The number of aromatic nitrogens is 3. The van der Waals surface area contributed by atoms with Gasteiger partial charge in [0.2, 0.25) is 11.8 Å². The molecule has 2 amide bonds. The predicted octanol–water partition coefficient (Wildman–Crippen LogP) is 4.59. The Hall–Kier alpha value is -4.47. The molecule has 4 rings (SSSR count). The van der Waals surface area contributed by atoms with Crippen molar-refractivity contribution in [3.63, 3.8) is 0 Å². The minimum absolute atomic E-state index is 0.200. The van der Waals surface area contributed by atoms with E-state index in [1.807, 2.05) is 32.9 Å². The van der Waals surface area contributed by atoms with Crippen LogP contribution in [0.4, 0.5) is 10.1 Å². The van der Waals surface area contributed by atoms with Crippen molar-refractivity contribution in [1.82, 2.24) is 20.3 Å². The van der Waals surface area contributed by atoms with Gasteiger partial charge < -0.3 is 14.8 Å². The number of methoxy groups -OCH3 is 2. The van der Waals surface area contributed by atoms with Crippen molar-refractivity contribution in [3.8, 4) is 11.5 Å². The van der Waals surface area contributed by atoms with Crippen molar-refractivity contribution in [1.29, 1.82) is 0 Å². The quantitative estimate of drug-likeness (QED) is 0.356. The highest BCUT2D eigenvalue weighted by molar-refractivity contribution is 6.02. The van der Waals surface area contributed by atoms with Crippen LogP contribution in [-0.2, 0) is 16.1 Å². The number of amides is 2. The third-order valence-electron chi connectivity index (χ3n) is 6.14. The number of hydrogen-bond donors (Lipinski definition) is 1. The number of aryl methyl sites for hydroxylation is 1. The number of nitrogens with zero attached hydrogens (tertiary/aromatic N) is 4. The summed E-state index contributed by atoms with van der Waals surface area (Å²) in [6, 6.07) is 15.4. The molecular formula is C29H32FN5O4. The van der Waals surface area contributed by atoms with Gasteiger partial charge >= 0.3 is 0 Å². The molecule has 0 radical (unpaired) electrons. The summed E-state index contributed by atoms with van der Waals surface area (Å²) in [5.74, 6) is -0.672. The van der Waals surface area contributed by atoms with Crippen molar-refractivity contribution >= 4 is 28.5 Å². The van der Waals surface area contributed by atoms with Crippen molar-refractivity contribution in [3.05, 3.63) is 77.6 Å². The number of halogens is 1. The molecule has 0 aliphatic carbocycles. The van der Waals surface area contributed by atoms with Crippen molar-refractivity contribution in [2.45, 2.75) is 45.8 Å². The van der Waals surface area contributed by atoms with Gasteiger partial charge in [0.05, 0.1) is 19.7 Å². The summed E-state index contributed by atoms with van der Waals surface area (Å²) < 4.78 is 27.4. The normalized spacial score (nSPS) is 12.2. The number of hydrogen-bond acceptors (Lipinski definition) is 6. The maximum Gasteiger partial charge on any atom is 0.249 e. The zero-order valence-electron chi connectivity index (χ0n) is 22.9. The number of anilines is 1. The number of carbonyl (C=O) groups excluding carboxylic acids is 2. The molecule has 1 unspecified atom stereocenters. The predicted molar refractivity (Wildman–Crippen MR) is 146 cm³/mol. The molecule has 9 nitrogen and oxygen atoms in total. The zero-order chi connectivity index (χ0) is 28.3. The molecule has 0 bridgehead atoms. The molecule has 204 valence electrons. The van der Waals surface area contributed by atoms with E-state index in [2.05, 4.69) is 15.6 Å². The molecule has 0 saturated carbocycles. The Bertz CT molecular complexity index is 1510. The molecule has 0 spiro atoms. The van der Waals surface area contributed by atoms with E-state index >= 15 is 0 Å². The van der Waals surface area contributed by atoms with E-state index in [9.17, 15) is 14.0 Å². The molecule has 3 aromatic carbocycles. The first kappa shape index (κ1) is 27.6. The van der Waals surface area contributed by atoms with Crippen LogP contribution in [0, 0.1) is 12.7 Å². The van der Waals surface area contributed by atoms with E-state index in [4.69, 9.17) is 9.47 Å². The number of para-hydroxylation sites is 1. The van der Waals surface area contributed by atoms with Crippen molar-refractivity contribution in [2.75, 3.05) is 19.1 Å². The summed E-state index contributed by atoms with van der Waals surface area (Å²) in [5, 5.41) is 11.2. The first-order valence-corrected chi connectivity index (χ1v) is 12.4. The van der Waals surface area contributed by atoms with E-state index in [1.165, 1.54) is 29.9 Å². The van der Waals surface area contributed by atoms with Crippen LogP contribution >= 0.6 is 0 Å². The van der Waals surface area contributed by atoms with E-state index in [1.54, 1.807) is 49.4 Å². The first-order chi connectivity index (χ1) is 18.5. The van der Waals surface area contributed by atoms with Crippen LogP contribution in [-0.4, -0.2) is 46.6 Å². The van der Waals surface area contributed by atoms with Gasteiger partial charge in [0.15, 0.2) is 0 Å². The zero-order valence-corrected chi connectivity index (χ0v) is 22.9. The fraction of sp³-hybridized carbons (Fsp3) is 0.310. The highest BCUT2D eigenvalue weighted by Crippen LogP contribution is 2.37. The molecule has 10 heteroatoms. The summed E-state index contributed by atoms with van der Waals surface area (Å²) in [4.78, 5) is 29.4. The Kier molecular flexibility index (Phi) is 7.85. The Morgan fingerprint density at radius 3 is 2.46 bits per heavy atom. The molecule has 1 heterocycles. The number of ether oxygens (including phenoxy) is 2. The third kappa shape index (κ3) is 6.00. The third-order valence-corrected chi connectivity index (χ3v) is 6.14. The smallest absolute Gasteiger partial charge is 0.249 e. The number of fused-ring (bicyclic) bond motifs is 1. The number of benzene rings is 3. The highest BCUT2D eigenvalue weighted by atomic mass is 19.1. The van der Waals surface area contributed by atoms with Crippen LogP contribution in [0.5, 0.6) is 11.5 Å². The second-order valence-corrected chi connectivity index (χ2v) is 10.2. The minimum atomic E-state index is -1.24. The molecular weight excluding hydrogens is 501 g/mol. The number of carbonyl (C=O) groups is 2. The van der Waals surface area contributed by atoms with Gasteiger partial charge in [-0.05, 0) is 75.7 Å². The molecule has 39 heavy (non-hydrogen) atoms. The largest absolute Gasteiger partial charge is 0.497 e. The van der Waals surface area contributed by atoms with Crippen LogP contribution in [0.1, 0.15) is 37.9 Å². The SMILES string of the molecule is COc1ccc(OC)c(C(C(=O)NC(C)(C)C)N(C(=O)Cn2nnc3ccccc32)c2ccc(C)c(F)c2)c1. The minimum Gasteiger partial charge on any atom is -0.497 e. The monoisotopic (exact) mass is 533 g/mol. The van der Waals surface area contributed by atoms with Gasteiger partial charge in [0, 0.05) is 16.8 Å². The average Bonchev–Trinajstić information content (AvgIpc) is 3.30. The Labute approximate surface area is 226 Å². The van der Waals surface area contributed by atoms with Gasteiger partial charge in [-0.15, -0.1) is 5.10 Å². The lowest BCUT2D eigenvalue weighted by Gasteiger charge is -2.34. The maximum atomic E-state index is 14.9. The molecule has 4 aromatic rings. The Balaban J connectivity index is 1.92. The molecule has 1 N–H and O–H groups in total. The highest BCUT2D eigenvalue weighted by Gasteiger charge is 2.37. The van der Waals surface area contributed by atoms with Crippen LogP contribution in [0.3, 0.4) is 0 Å². The van der Waals surface area contributed by atoms with E-state index in [-0.39, 0.29) is 12.2 Å². The summed E-state index contributed by atoms with van der Waals surface area (Å²) in [7, 11) is 2.98. The molecule has 1 atom stereocenters. The standard InChI is InChI=1S/C29H32FN5O4/c1-18-11-12-19(15-22(18)30)35(26(36)17-34-24-10-8-7-9-23(24)32-33-34)27(28(37)31-29(2,3)4)21-16-20(38-5)13-14-25(21)39-6/h7-16,27H,17H2,1-6H3,(H,31,37). The number of nitrogens with one attached hydrogen (secondary N) is 1. The van der Waals surface area contributed by atoms with Crippen LogP contribution in [0.2, 0.25) is 0 Å². The van der Waals surface area contributed by atoms with Gasteiger partial charge in [-0.3, -0.25) is 14.5 Å². The lowest BCUT2D eigenvalue weighted by molar-refractivity contribution is -0.128. The molecule has 0 fully saturated rings. The van der Waals surface area contributed by atoms with Crippen molar-refractivity contribution in [2.24, 2.45) is 0 Å². The Morgan fingerprint density at radius 1 is 1.05 bits per heavy atom. The summed E-state index contributed by atoms with van der Waals surface area (Å²) in [5.41, 5.74) is 1.62. The molecule has 0 aliphatic rings. The number of rotatable bonds is 8. The van der Waals surface area contributed by atoms with Crippen molar-refractivity contribution < 1.29 is 23.5 Å². The van der Waals surface area contributed by atoms with E-state index < -0.39 is 29.2 Å².